The fraction of sp³-hybridized carbons (Fsp3) is 0.600. The summed E-state index contributed by atoms with van der Waals surface area (Å²) in [5, 5.41) is 0. The summed E-state index contributed by atoms with van der Waals surface area (Å²) in [6.45, 7) is 5.35. The van der Waals surface area contributed by atoms with E-state index in [-0.39, 0.29) is 11.8 Å². The van der Waals surface area contributed by atoms with E-state index in [2.05, 4.69) is 23.7 Å². The molecule has 0 N–H and O–H groups in total. The Labute approximate surface area is 109 Å². The van der Waals surface area contributed by atoms with Crippen LogP contribution in [0.25, 0.3) is 0 Å². The number of fused-ring (bicyclic) bond motifs is 1. The van der Waals surface area contributed by atoms with Crippen LogP contribution in [0.15, 0.2) is 18.3 Å². The summed E-state index contributed by atoms with van der Waals surface area (Å²) in [4.78, 5) is 18.7. The fourth-order valence-corrected chi connectivity index (χ4v) is 2.58. The number of Topliss-reactive ketones (excluding diaryl/α,β-unsaturated/α-hetero) is 1. The van der Waals surface area contributed by atoms with Crippen LogP contribution < -0.4 is 4.90 Å². The van der Waals surface area contributed by atoms with E-state index < -0.39 is 0 Å². The SMILES string of the molecule is CCCCCCN1c2ncccc2C(=O)CC1C. The van der Waals surface area contributed by atoms with Crippen molar-refractivity contribution >= 4 is 11.6 Å². The number of anilines is 1. The highest BCUT2D eigenvalue weighted by molar-refractivity contribution is 6.02. The number of ketones is 1. The van der Waals surface area contributed by atoms with Gasteiger partial charge in [-0.3, -0.25) is 4.79 Å². The van der Waals surface area contributed by atoms with Crippen molar-refractivity contribution in [2.45, 2.75) is 52.0 Å². The first-order chi connectivity index (χ1) is 8.74. The van der Waals surface area contributed by atoms with Gasteiger partial charge < -0.3 is 4.90 Å². The highest BCUT2D eigenvalue weighted by Crippen LogP contribution is 2.28. The average Bonchev–Trinajstić information content (AvgIpc) is 2.38. The zero-order chi connectivity index (χ0) is 13.0. The number of carbonyl (C=O) groups is 1. The van der Waals surface area contributed by atoms with Gasteiger partial charge in [0.1, 0.15) is 5.82 Å². The van der Waals surface area contributed by atoms with E-state index in [4.69, 9.17) is 0 Å². The summed E-state index contributed by atoms with van der Waals surface area (Å²) in [5.74, 6) is 1.12. The molecule has 1 aromatic rings. The van der Waals surface area contributed by atoms with Gasteiger partial charge in [0.2, 0.25) is 0 Å². The van der Waals surface area contributed by atoms with E-state index in [1.54, 1.807) is 6.20 Å². The molecule has 1 unspecified atom stereocenters. The molecule has 3 heteroatoms. The standard InChI is InChI=1S/C15H22N2O/c1-3-4-5-6-10-17-12(2)11-14(18)13-8-7-9-16-15(13)17/h7-9,12H,3-6,10-11H2,1-2H3. The maximum absolute atomic E-state index is 12.0. The summed E-state index contributed by atoms with van der Waals surface area (Å²) in [6, 6.07) is 4.03. The van der Waals surface area contributed by atoms with Crippen molar-refractivity contribution < 1.29 is 4.79 Å². The van der Waals surface area contributed by atoms with Gasteiger partial charge in [0, 0.05) is 25.2 Å². The van der Waals surface area contributed by atoms with Gasteiger partial charge >= 0.3 is 0 Å². The molecule has 1 aromatic heterocycles. The highest BCUT2D eigenvalue weighted by Gasteiger charge is 2.28. The predicted octanol–water partition coefficient (Wildman–Crippen LogP) is 3.44. The number of hydrogen-bond donors (Lipinski definition) is 0. The van der Waals surface area contributed by atoms with E-state index in [0.29, 0.717) is 6.42 Å². The lowest BCUT2D eigenvalue weighted by Gasteiger charge is -2.35. The van der Waals surface area contributed by atoms with Crippen LogP contribution in [0.5, 0.6) is 0 Å². The molecular weight excluding hydrogens is 224 g/mol. The summed E-state index contributed by atoms with van der Waals surface area (Å²) in [5.41, 5.74) is 0.797. The maximum atomic E-state index is 12.0. The molecule has 98 valence electrons. The molecule has 0 amide bonds. The van der Waals surface area contributed by atoms with Crippen molar-refractivity contribution in [3.05, 3.63) is 23.9 Å². The number of rotatable bonds is 5. The van der Waals surface area contributed by atoms with Crippen molar-refractivity contribution in [1.82, 2.24) is 4.98 Å². The molecule has 2 heterocycles. The number of nitrogens with zero attached hydrogens (tertiary/aromatic N) is 2. The van der Waals surface area contributed by atoms with Gasteiger partial charge in [0.25, 0.3) is 0 Å². The van der Waals surface area contributed by atoms with Crippen molar-refractivity contribution in [3.8, 4) is 0 Å². The molecule has 0 aliphatic carbocycles. The lowest BCUT2D eigenvalue weighted by atomic mass is 9.98. The summed E-state index contributed by atoms with van der Waals surface area (Å²) < 4.78 is 0. The van der Waals surface area contributed by atoms with Crippen LogP contribution in [-0.2, 0) is 0 Å². The van der Waals surface area contributed by atoms with Crippen molar-refractivity contribution in [2.24, 2.45) is 0 Å². The second kappa shape index (κ2) is 5.98. The minimum atomic E-state index is 0.232. The van der Waals surface area contributed by atoms with E-state index in [1.807, 2.05) is 12.1 Å². The van der Waals surface area contributed by atoms with Crippen molar-refractivity contribution in [3.63, 3.8) is 0 Å². The molecule has 0 bridgehead atoms. The first-order valence-corrected chi connectivity index (χ1v) is 6.99. The third-order valence-corrected chi connectivity index (χ3v) is 3.62. The highest BCUT2D eigenvalue weighted by atomic mass is 16.1. The molecule has 0 radical (unpaired) electrons. The third-order valence-electron chi connectivity index (χ3n) is 3.62. The molecular formula is C15H22N2O. The molecule has 0 aromatic carbocycles. The second-order valence-electron chi connectivity index (χ2n) is 5.10. The summed E-state index contributed by atoms with van der Waals surface area (Å²) >= 11 is 0. The van der Waals surface area contributed by atoms with Crippen LogP contribution in [0.1, 0.15) is 56.3 Å². The molecule has 1 aliphatic rings. The lowest BCUT2D eigenvalue weighted by molar-refractivity contribution is 0.0968. The minimum absolute atomic E-state index is 0.232. The Kier molecular flexibility index (Phi) is 4.34. The van der Waals surface area contributed by atoms with Gasteiger partial charge in [0.15, 0.2) is 5.78 Å². The van der Waals surface area contributed by atoms with E-state index in [0.717, 1.165) is 17.9 Å². The Morgan fingerprint density at radius 1 is 1.39 bits per heavy atom. The van der Waals surface area contributed by atoms with Gasteiger partial charge in [-0.05, 0) is 25.5 Å². The monoisotopic (exact) mass is 246 g/mol. The Hall–Kier alpha value is -1.38. The van der Waals surface area contributed by atoms with Gasteiger partial charge in [-0.2, -0.15) is 0 Å². The topological polar surface area (TPSA) is 33.2 Å². The van der Waals surface area contributed by atoms with Gasteiger partial charge in [-0.25, -0.2) is 4.98 Å². The first-order valence-electron chi connectivity index (χ1n) is 6.99. The normalized spacial score (nSPS) is 18.9. The number of aromatic nitrogens is 1. The third kappa shape index (κ3) is 2.71. The summed E-state index contributed by atoms with van der Waals surface area (Å²) in [6.07, 6.45) is 7.38. The Morgan fingerprint density at radius 2 is 2.22 bits per heavy atom. The zero-order valence-corrected chi connectivity index (χ0v) is 11.4. The van der Waals surface area contributed by atoms with E-state index in [9.17, 15) is 4.79 Å². The molecule has 2 rings (SSSR count). The quantitative estimate of drug-likeness (QED) is 0.746. The van der Waals surface area contributed by atoms with Crippen LogP contribution >= 0.6 is 0 Å². The maximum Gasteiger partial charge on any atom is 0.168 e. The van der Waals surface area contributed by atoms with Crippen LogP contribution in [0.2, 0.25) is 0 Å². The number of carbonyl (C=O) groups excluding carboxylic acids is 1. The van der Waals surface area contributed by atoms with Gasteiger partial charge in [-0.1, -0.05) is 26.2 Å². The number of unbranched alkanes of at least 4 members (excludes halogenated alkanes) is 3. The lowest BCUT2D eigenvalue weighted by Crippen LogP contribution is -2.40. The predicted molar refractivity (Wildman–Crippen MR) is 74.1 cm³/mol. The molecule has 1 aliphatic heterocycles. The van der Waals surface area contributed by atoms with E-state index >= 15 is 0 Å². The Morgan fingerprint density at radius 3 is 3.00 bits per heavy atom. The molecule has 0 saturated carbocycles. The Balaban J connectivity index is 2.09. The fourth-order valence-electron chi connectivity index (χ4n) is 2.58. The molecule has 3 nitrogen and oxygen atoms in total. The largest absolute Gasteiger partial charge is 0.353 e. The zero-order valence-electron chi connectivity index (χ0n) is 11.4. The van der Waals surface area contributed by atoms with Crippen molar-refractivity contribution in [1.29, 1.82) is 0 Å². The van der Waals surface area contributed by atoms with Crippen LogP contribution in [-0.4, -0.2) is 23.4 Å². The second-order valence-corrected chi connectivity index (χ2v) is 5.10. The molecule has 0 fully saturated rings. The van der Waals surface area contributed by atoms with Gasteiger partial charge in [-0.15, -0.1) is 0 Å². The molecule has 0 spiro atoms. The molecule has 1 atom stereocenters. The number of pyridine rings is 1. The van der Waals surface area contributed by atoms with Crippen molar-refractivity contribution in [2.75, 3.05) is 11.4 Å². The van der Waals surface area contributed by atoms with Crippen LogP contribution in [0.4, 0.5) is 5.82 Å². The molecule has 18 heavy (non-hydrogen) atoms. The minimum Gasteiger partial charge on any atom is -0.353 e. The smallest absolute Gasteiger partial charge is 0.168 e. The summed E-state index contributed by atoms with van der Waals surface area (Å²) in [7, 11) is 0. The van der Waals surface area contributed by atoms with Gasteiger partial charge in [0.05, 0.1) is 5.56 Å². The van der Waals surface area contributed by atoms with Crippen LogP contribution in [0.3, 0.4) is 0 Å². The Bertz CT molecular complexity index is 417. The van der Waals surface area contributed by atoms with E-state index in [1.165, 1.54) is 25.7 Å². The average molecular weight is 246 g/mol. The van der Waals surface area contributed by atoms with Crippen LogP contribution in [0, 0.1) is 0 Å². The first kappa shape index (κ1) is 13.1. The number of hydrogen-bond acceptors (Lipinski definition) is 3. The molecule has 0 saturated heterocycles.